The highest BCUT2D eigenvalue weighted by molar-refractivity contribution is 7.92. The molecular formula is C13H15N3O4S. The van der Waals surface area contributed by atoms with Crippen LogP contribution in [0.5, 0.6) is 0 Å². The molecule has 21 heavy (non-hydrogen) atoms. The molecule has 0 spiro atoms. The number of aromatic amines is 1. The maximum atomic E-state index is 12.4. The molecule has 0 atom stereocenters. The summed E-state index contributed by atoms with van der Waals surface area (Å²) in [6.45, 7) is 3.20. The Labute approximate surface area is 122 Å². The van der Waals surface area contributed by atoms with Crippen LogP contribution in [-0.2, 0) is 14.8 Å². The Morgan fingerprint density at radius 2 is 1.95 bits per heavy atom. The van der Waals surface area contributed by atoms with Crippen LogP contribution in [0.25, 0.3) is 0 Å². The van der Waals surface area contributed by atoms with Crippen molar-refractivity contribution in [3.63, 3.8) is 0 Å². The van der Waals surface area contributed by atoms with E-state index in [0.717, 1.165) is 0 Å². The fourth-order valence-electron chi connectivity index (χ4n) is 1.99. The number of nitrogens with one attached hydrogen (secondary N) is 2. The number of H-pyrrole nitrogens is 1. The number of rotatable bonds is 4. The van der Waals surface area contributed by atoms with E-state index in [1.54, 1.807) is 26.0 Å². The lowest BCUT2D eigenvalue weighted by atomic mass is 10.2. The smallest absolute Gasteiger partial charge is 0.339 e. The van der Waals surface area contributed by atoms with Gasteiger partial charge in [-0.25, -0.2) is 13.2 Å². The van der Waals surface area contributed by atoms with Gasteiger partial charge in [0, 0.05) is 0 Å². The summed E-state index contributed by atoms with van der Waals surface area (Å²) in [6.07, 6.45) is 0. The van der Waals surface area contributed by atoms with Gasteiger partial charge < -0.3 is 4.74 Å². The summed E-state index contributed by atoms with van der Waals surface area (Å²) in [7, 11) is -2.61. The summed E-state index contributed by atoms with van der Waals surface area (Å²) >= 11 is 0. The molecule has 0 bridgehead atoms. The Morgan fingerprint density at radius 1 is 1.29 bits per heavy atom. The predicted molar refractivity (Wildman–Crippen MR) is 76.7 cm³/mol. The van der Waals surface area contributed by atoms with Crippen molar-refractivity contribution in [2.24, 2.45) is 0 Å². The van der Waals surface area contributed by atoms with Crippen LogP contribution in [-0.4, -0.2) is 31.7 Å². The standard InChI is InChI=1S/C13H15N3O4S/c1-8-12(9(2)15-14-8)21(18,19)16-11-7-5-4-6-10(11)13(17)20-3/h4-7,16H,1-3H3,(H,14,15). The summed E-state index contributed by atoms with van der Waals surface area (Å²) in [5.41, 5.74) is 1.08. The number of ether oxygens (including phenoxy) is 1. The third-order valence-corrected chi connectivity index (χ3v) is 4.53. The molecule has 0 unspecified atom stereocenters. The maximum absolute atomic E-state index is 12.4. The van der Waals surface area contributed by atoms with Crippen molar-refractivity contribution >= 4 is 21.7 Å². The third-order valence-electron chi connectivity index (χ3n) is 2.91. The van der Waals surface area contributed by atoms with Gasteiger partial charge >= 0.3 is 5.97 Å². The number of aryl methyl sites for hydroxylation is 2. The highest BCUT2D eigenvalue weighted by Crippen LogP contribution is 2.23. The monoisotopic (exact) mass is 309 g/mol. The molecule has 0 aliphatic heterocycles. The lowest BCUT2D eigenvalue weighted by molar-refractivity contribution is 0.0602. The first-order valence-electron chi connectivity index (χ1n) is 6.08. The van der Waals surface area contributed by atoms with Crippen molar-refractivity contribution < 1.29 is 17.9 Å². The van der Waals surface area contributed by atoms with Gasteiger partial charge in [-0.3, -0.25) is 9.82 Å². The normalized spacial score (nSPS) is 11.2. The van der Waals surface area contributed by atoms with Crippen molar-refractivity contribution in [3.8, 4) is 0 Å². The Morgan fingerprint density at radius 3 is 2.52 bits per heavy atom. The number of esters is 1. The summed E-state index contributed by atoms with van der Waals surface area (Å²) < 4.78 is 31.9. The first kappa shape index (κ1) is 15.0. The largest absolute Gasteiger partial charge is 0.465 e. The van der Waals surface area contributed by atoms with Crippen LogP contribution in [0.3, 0.4) is 0 Å². The van der Waals surface area contributed by atoms with Crippen molar-refractivity contribution in [2.45, 2.75) is 18.7 Å². The van der Waals surface area contributed by atoms with E-state index in [2.05, 4.69) is 19.7 Å². The number of anilines is 1. The molecule has 0 aliphatic rings. The van der Waals surface area contributed by atoms with Gasteiger partial charge in [-0.1, -0.05) is 12.1 Å². The van der Waals surface area contributed by atoms with E-state index >= 15 is 0 Å². The molecule has 7 nitrogen and oxygen atoms in total. The van der Waals surface area contributed by atoms with E-state index in [1.165, 1.54) is 19.2 Å². The number of carbonyl (C=O) groups is 1. The van der Waals surface area contributed by atoms with Crippen molar-refractivity contribution in [3.05, 3.63) is 41.2 Å². The van der Waals surface area contributed by atoms with Crippen molar-refractivity contribution in [2.75, 3.05) is 11.8 Å². The van der Waals surface area contributed by atoms with Crippen LogP contribution in [0.2, 0.25) is 0 Å². The number of sulfonamides is 1. The fraction of sp³-hybridized carbons (Fsp3) is 0.231. The van der Waals surface area contributed by atoms with E-state index in [1.807, 2.05) is 0 Å². The third kappa shape index (κ3) is 2.89. The molecule has 8 heteroatoms. The molecule has 2 rings (SSSR count). The fourth-order valence-corrected chi connectivity index (χ4v) is 3.45. The molecule has 0 aliphatic carbocycles. The number of carbonyl (C=O) groups excluding carboxylic acids is 1. The number of hydrogen-bond acceptors (Lipinski definition) is 5. The average Bonchev–Trinajstić information content (AvgIpc) is 2.78. The van der Waals surface area contributed by atoms with Crippen LogP contribution < -0.4 is 4.72 Å². The molecule has 1 aromatic carbocycles. The molecule has 2 N–H and O–H groups in total. The zero-order valence-corrected chi connectivity index (χ0v) is 12.6. The van der Waals surface area contributed by atoms with Gasteiger partial charge in [-0.05, 0) is 26.0 Å². The molecule has 0 saturated heterocycles. The summed E-state index contributed by atoms with van der Waals surface area (Å²) in [5.74, 6) is -0.617. The van der Waals surface area contributed by atoms with Crippen molar-refractivity contribution in [1.82, 2.24) is 10.2 Å². The lowest BCUT2D eigenvalue weighted by Gasteiger charge is -2.11. The second-order valence-corrected chi connectivity index (χ2v) is 6.03. The SMILES string of the molecule is COC(=O)c1ccccc1NS(=O)(=O)c1c(C)n[nH]c1C. The van der Waals surface area contributed by atoms with Gasteiger partial charge in [0.05, 0.1) is 29.7 Å². The number of para-hydroxylation sites is 1. The van der Waals surface area contributed by atoms with Crippen LogP contribution in [0.15, 0.2) is 29.2 Å². The van der Waals surface area contributed by atoms with Gasteiger partial charge in [0.2, 0.25) is 0 Å². The molecule has 0 fully saturated rings. The Balaban J connectivity index is 2.45. The number of benzene rings is 1. The molecule has 0 amide bonds. The number of nitrogens with zero attached hydrogens (tertiary/aromatic N) is 1. The maximum Gasteiger partial charge on any atom is 0.339 e. The van der Waals surface area contributed by atoms with E-state index in [9.17, 15) is 13.2 Å². The van der Waals surface area contributed by atoms with E-state index in [0.29, 0.717) is 11.4 Å². The van der Waals surface area contributed by atoms with Gasteiger partial charge in [-0.15, -0.1) is 0 Å². The zero-order chi connectivity index (χ0) is 15.6. The second kappa shape index (κ2) is 5.57. The first-order valence-corrected chi connectivity index (χ1v) is 7.57. The lowest BCUT2D eigenvalue weighted by Crippen LogP contribution is -2.17. The minimum Gasteiger partial charge on any atom is -0.465 e. The average molecular weight is 309 g/mol. The molecule has 2 aromatic rings. The molecule has 1 aromatic heterocycles. The number of methoxy groups -OCH3 is 1. The first-order chi connectivity index (χ1) is 9.86. The molecule has 112 valence electrons. The van der Waals surface area contributed by atoms with Gasteiger partial charge in [0.1, 0.15) is 4.90 Å². The van der Waals surface area contributed by atoms with Crippen LogP contribution in [0, 0.1) is 13.8 Å². The number of aromatic nitrogens is 2. The molecular weight excluding hydrogens is 294 g/mol. The number of hydrogen-bond donors (Lipinski definition) is 2. The Bertz CT molecular complexity index is 761. The van der Waals surface area contributed by atoms with Gasteiger partial charge in [-0.2, -0.15) is 5.10 Å². The highest BCUT2D eigenvalue weighted by Gasteiger charge is 2.24. The van der Waals surface area contributed by atoms with E-state index in [-0.39, 0.29) is 16.1 Å². The molecule has 0 saturated carbocycles. The van der Waals surface area contributed by atoms with E-state index in [4.69, 9.17) is 0 Å². The summed E-state index contributed by atoms with van der Waals surface area (Å²) in [5, 5.41) is 6.48. The highest BCUT2D eigenvalue weighted by atomic mass is 32.2. The molecule has 0 radical (unpaired) electrons. The zero-order valence-electron chi connectivity index (χ0n) is 11.8. The Hall–Kier alpha value is -2.35. The van der Waals surface area contributed by atoms with Crippen LogP contribution in [0.4, 0.5) is 5.69 Å². The topological polar surface area (TPSA) is 101 Å². The van der Waals surface area contributed by atoms with Gasteiger partial charge in [0.15, 0.2) is 0 Å². The van der Waals surface area contributed by atoms with E-state index < -0.39 is 16.0 Å². The van der Waals surface area contributed by atoms with Crippen LogP contribution >= 0.6 is 0 Å². The quantitative estimate of drug-likeness (QED) is 0.836. The van der Waals surface area contributed by atoms with Crippen molar-refractivity contribution in [1.29, 1.82) is 0 Å². The van der Waals surface area contributed by atoms with Crippen LogP contribution in [0.1, 0.15) is 21.7 Å². The van der Waals surface area contributed by atoms with Gasteiger partial charge in [0.25, 0.3) is 10.0 Å². The summed E-state index contributed by atoms with van der Waals surface area (Å²) in [6, 6.07) is 6.23. The Kier molecular flexibility index (Phi) is 3.99. The minimum atomic E-state index is -3.85. The summed E-state index contributed by atoms with van der Waals surface area (Å²) in [4.78, 5) is 11.7. The minimum absolute atomic E-state index is 0.0715. The molecule has 1 heterocycles. The predicted octanol–water partition coefficient (Wildman–Crippen LogP) is 1.61. The second-order valence-electron chi connectivity index (χ2n) is 4.41.